The van der Waals surface area contributed by atoms with Gasteiger partial charge in [-0.05, 0) is 46.7 Å². The van der Waals surface area contributed by atoms with Gasteiger partial charge in [-0.3, -0.25) is 0 Å². The Morgan fingerprint density at radius 2 is 1.83 bits per heavy atom. The summed E-state index contributed by atoms with van der Waals surface area (Å²) in [6, 6.07) is 23.8. The van der Waals surface area contributed by atoms with Crippen molar-refractivity contribution in [2.24, 2.45) is 4.99 Å². The number of rotatable bonds is 5. The minimum Gasteiger partial charge on any atom is -0.402 e. The van der Waals surface area contributed by atoms with Crippen molar-refractivity contribution in [3.8, 4) is 6.07 Å². The van der Waals surface area contributed by atoms with Crippen molar-refractivity contribution in [1.29, 1.82) is 5.26 Å². The van der Waals surface area contributed by atoms with Crippen molar-refractivity contribution in [3.05, 3.63) is 83.6 Å². The molecular formula is C24H19N3O2. The number of cyclic esters (lactones) is 1. The van der Waals surface area contributed by atoms with Gasteiger partial charge in [0.25, 0.3) is 0 Å². The number of benzene rings is 3. The van der Waals surface area contributed by atoms with Crippen molar-refractivity contribution >= 4 is 34.4 Å². The van der Waals surface area contributed by atoms with Crippen LogP contribution in [0.2, 0.25) is 0 Å². The van der Waals surface area contributed by atoms with Crippen LogP contribution in [-0.2, 0) is 9.53 Å². The summed E-state index contributed by atoms with van der Waals surface area (Å²) in [7, 11) is 1.94. The van der Waals surface area contributed by atoms with Gasteiger partial charge in [0.1, 0.15) is 0 Å². The first-order valence-corrected chi connectivity index (χ1v) is 9.34. The van der Waals surface area contributed by atoms with Gasteiger partial charge in [-0.25, -0.2) is 9.79 Å². The topological polar surface area (TPSA) is 65.7 Å². The maximum atomic E-state index is 12.3. The van der Waals surface area contributed by atoms with Crippen LogP contribution in [0, 0.1) is 11.3 Å². The van der Waals surface area contributed by atoms with Gasteiger partial charge >= 0.3 is 5.97 Å². The largest absolute Gasteiger partial charge is 0.402 e. The molecule has 0 atom stereocenters. The third-order valence-electron chi connectivity index (χ3n) is 4.81. The first-order chi connectivity index (χ1) is 14.1. The Hall–Kier alpha value is -3.91. The lowest BCUT2D eigenvalue weighted by molar-refractivity contribution is -0.129. The normalized spacial score (nSPS) is 14.6. The third-order valence-corrected chi connectivity index (χ3v) is 4.81. The maximum Gasteiger partial charge on any atom is 0.363 e. The van der Waals surface area contributed by atoms with Crippen LogP contribution in [0.1, 0.15) is 17.5 Å². The molecular weight excluding hydrogens is 362 g/mol. The number of hydrogen-bond acceptors (Lipinski definition) is 5. The van der Waals surface area contributed by atoms with Gasteiger partial charge in [-0.2, -0.15) is 5.26 Å². The number of nitrogens with zero attached hydrogens (tertiary/aromatic N) is 3. The SMILES string of the molecule is CN(CCC#N)c1ccc(/C=C2\N=C(c3ccc4ccccc4c3)OC2=O)cc1. The molecule has 1 aliphatic rings. The Labute approximate surface area is 169 Å². The van der Waals surface area contributed by atoms with E-state index in [0.717, 1.165) is 27.6 Å². The zero-order chi connectivity index (χ0) is 20.2. The van der Waals surface area contributed by atoms with Gasteiger partial charge in [-0.15, -0.1) is 0 Å². The third kappa shape index (κ3) is 4.02. The molecule has 0 aromatic heterocycles. The van der Waals surface area contributed by atoms with Gasteiger partial charge in [0.05, 0.1) is 12.5 Å². The van der Waals surface area contributed by atoms with Crippen LogP contribution < -0.4 is 4.90 Å². The number of carbonyl (C=O) groups is 1. The molecule has 0 aliphatic carbocycles. The average molecular weight is 381 g/mol. The molecule has 5 heteroatoms. The average Bonchev–Trinajstić information content (AvgIpc) is 3.12. The second kappa shape index (κ2) is 7.99. The smallest absolute Gasteiger partial charge is 0.363 e. The van der Waals surface area contributed by atoms with Crippen molar-refractivity contribution in [2.45, 2.75) is 6.42 Å². The molecule has 0 unspecified atom stereocenters. The highest BCUT2D eigenvalue weighted by molar-refractivity contribution is 6.13. The summed E-state index contributed by atoms with van der Waals surface area (Å²) in [4.78, 5) is 18.7. The summed E-state index contributed by atoms with van der Waals surface area (Å²) >= 11 is 0. The van der Waals surface area contributed by atoms with Crippen LogP contribution in [0.15, 0.2) is 77.4 Å². The van der Waals surface area contributed by atoms with Crippen molar-refractivity contribution in [2.75, 3.05) is 18.5 Å². The Kier molecular flexibility index (Phi) is 5.08. The molecule has 29 heavy (non-hydrogen) atoms. The molecule has 1 heterocycles. The molecule has 0 amide bonds. The Balaban J connectivity index is 1.56. The lowest BCUT2D eigenvalue weighted by Crippen LogP contribution is -2.17. The quantitative estimate of drug-likeness (QED) is 0.481. The molecule has 0 N–H and O–H groups in total. The molecule has 0 spiro atoms. The summed E-state index contributed by atoms with van der Waals surface area (Å²) in [5, 5.41) is 10.9. The van der Waals surface area contributed by atoms with Gasteiger partial charge < -0.3 is 9.64 Å². The van der Waals surface area contributed by atoms with E-state index < -0.39 is 5.97 Å². The number of fused-ring (bicyclic) bond motifs is 1. The van der Waals surface area contributed by atoms with E-state index in [4.69, 9.17) is 10.00 Å². The molecule has 142 valence electrons. The number of aliphatic imine (C=N–C) groups is 1. The molecule has 3 aromatic rings. The summed E-state index contributed by atoms with van der Waals surface area (Å²) in [6.07, 6.45) is 2.19. The molecule has 0 fully saturated rings. The molecule has 0 bridgehead atoms. The molecule has 0 saturated heterocycles. The van der Waals surface area contributed by atoms with E-state index in [9.17, 15) is 4.79 Å². The highest BCUT2D eigenvalue weighted by Gasteiger charge is 2.24. The van der Waals surface area contributed by atoms with Gasteiger partial charge in [0.15, 0.2) is 5.70 Å². The van der Waals surface area contributed by atoms with E-state index in [1.54, 1.807) is 6.08 Å². The molecule has 4 rings (SSSR count). The van der Waals surface area contributed by atoms with Crippen LogP contribution in [0.3, 0.4) is 0 Å². The fourth-order valence-electron chi connectivity index (χ4n) is 3.18. The van der Waals surface area contributed by atoms with Crippen LogP contribution in [0.25, 0.3) is 16.8 Å². The van der Waals surface area contributed by atoms with Crippen molar-refractivity contribution in [3.63, 3.8) is 0 Å². The van der Waals surface area contributed by atoms with Crippen LogP contribution in [-0.4, -0.2) is 25.5 Å². The predicted molar refractivity (Wildman–Crippen MR) is 114 cm³/mol. The lowest BCUT2D eigenvalue weighted by Gasteiger charge is -2.17. The Morgan fingerprint density at radius 3 is 2.59 bits per heavy atom. The lowest BCUT2D eigenvalue weighted by atomic mass is 10.1. The predicted octanol–water partition coefficient (Wildman–Crippen LogP) is 4.53. The van der Waals surface area contributed by atoms with Crippen LogP contribution in [0.4, 0.5) is 5.69 Å². The Bertz CT molecular complexity index is 1170. The van der Waals surface area contributed by atoms with Crippen LogP contribution >= 0.6 is 0 Å². The molecule has 5 nitrogen and oxygen atoms in total. The van der Waals surface area contributed by atoms with Gasteiger partial charge in [-0.1, -0.05) is 42.5 Å². The van der Waals surface area contributed by atoms with Gasteiger partial charge in [0, 0.05) is 24.8 Å². The van der Waals surface area contributed by atoms with Crippen LogP contribution in [0.5, 0.6) is 0 Å². The summed E-state index contributed by atoms with van der Waals surface area (Å²) in [6.45, 7) is 0.669. The number of esters is 1. The highest BCUT2D eigenvalue weighted by atomic mass is 16.6. The second-order valence-electron chi connectivity index (χ2n) is 6.82. The minimum atomic E-state index is -0.455. The van der Waals surface area contributed by atoms with Crippen molar-refractivity contribution < 1.29 is 9.53 Å². The van der Waals surface area contributed by atoms with E-state index in [2.05, 4.69) is 11.1 Å². The fraction of sp³-hybridized carbons (Fsp3) is 0.125. The zero-order valence-electron chi connectivity index (χ0n) is 16.0. The first kappa shape index (κ1) is 18.5. The zero-order valence-corrected chi connectivity index (χ0v) is 16.0. The molecule has 1 aliphatic heterocycles. The molecule has 0 saturated carbocycles. The Morgan fingerprint density at radius 1 is 1.07 bits per heavy atom. The van der Waals surface area contributed by atoms with Gasteiger partial charge in [0.2, 0.25) is 5.90 Å². The molecule has 0 radical (unpaired) electrons. The standard InChI is InChI=1S/C24H19N3O2/c1-27(14-4-13-25)21-11-7-17(8-12-21)15-22-24(28)29-23(26-22)20-10-9-18-5-2-3-6-19(18)16-20/h2-3,5-12,15-16H,4,14H2,1H3/b22-15-. The monoisotopic (exact) mass is 381 g/mol. The number of nitriles is 1. The van der Waals surface area contributed by atoms with Crippen molar-refractivity contribution in [1.82, 2.24) is 0 Å². The minimum absolute atomic E-state index is 0.277. The number of anilines is 1. The number of hydrogen-bond donors (Lipinski definition) is 0. The second-order valence-corrected chi connectivity index (χ2v) is 6.82. The number of ether oxygens (including phenoxy) is 1. The van der Waals surface area contributed by atoms with E-state index in [1.165, 1.54) is 0 Å². The summed E-state index contributed by atoms with van der Waals surface area (Å²) < 4.78 is 5.39. The van der Waals surface area contributed by atoms with E-state index >= 15 is 0 Å². The summed E-state index contributed by atoms with van der Waals surface area (Å²) in [5.41, 5.74) is 2.92. The van der Waals surface area contributed by atoms with E-state index in [1.807, 2.05) is 78.7 Å². The summed E-state index contributed by atoms with van der Waals surface area (Å²) in [5.74, 6) is -0.136. The maximum absolute atomic E-state index is 12.3. The molecule has 3 aromatic carbocycles. The van der Waals surface area contributed by atoms with E-state index in [-0.39, 0.29) is 5.70 Å². The number of carbonyl (C=O) groups excluding carboxylic acids is 1. The first-order valence-electron chi connectivity index (χ1n) is 9.34. The van der Waals surface area contributed by atoms with E-state index in [0.29, 0.717) is 18.9 Å². The highest BCUT2D eigenvalue weighted by Crippen LogP contribution is 2.23. The fourth-order valence-corrected chi connectivity index (χ4v) is 3.18.